The molecule has 2 rings (SSSR count). The zero-order valence-electron chi connectivity index (χ0n) is 34.5. The van der Waals surface area contributed by atoms with E-state index in [9.17, 15) is 19.2 Å². The monoisotopic (exact) mass is 739 g/mol. The molecule has 0 spiro atoms. The molecule has 1 aromatic heterocycles. The Balaban J connectivity index is 0. The average Bonchev–Trinajstić information content (AvgIpc) is 3.48. The lowest BCUT2D eigenvalue weighted by Crippen LogP contribution is -2.35. The maximum atomic E-state index is 12.8. The van der Waals surface area contributed by atoms with Crippen LogP contribution >= 0.6 is 11.3 Å². The van der Waals surface area contributed by atoms with Gasteiger partial charge in [0.2, 0.25) is 5.91 Å². The summed E-state index contributed by atoms with van der Waals surface area (Å²) in [5.41, 5.74) is 1.75. The van der Waals surface area contributed by atoms with E-state index in [1.165, 1.54) is 64.2 Å². The van der Waals surface area contributed by atoms with Crippen LogP contribution in [0.25, 0.3) is 0 Å². The smallest absolute Gasteiger partial charge is 0.339 e. The lowest BCUT2D eigenvalue weighted by molar-refractivity contribution is -0.144. The van der Waals surface area contributed by atoms with Gasteiger partial charge in [0.15, 0.2) is 0 Å². The summed E-state index contributed by atoms with van der Waals surface area (Å²) in [6.07, 6.45) is 21.4. The van der Waals surface area contributed by atoms with E-state index in [0.29, 0.717) is 64.0 Å². The highest BCUT2D eigenvalue weighted by molar-refractivity contribution is 7.12. The largest absolute Gasteiger partial charge is 0.466 e. The molecule has 0 aromatic carbocycles. The third-order valence-electron chi connectivity index (χ3n) is 8.48. The van der Waals surface area contributed by atoms with Gasteiger partial charge in [-0.1, -0.05) is 112 Å². The fourth-order valence-electron chi connectivity index (χ4n) is 5.67. The van der Waals surface area contributed by atoms with Gasteiger partial charge in [0.1, 0.15) is 6.29 Å². The van der Waals surface area contributed by atoms with Gasteiger partial charge in [-0.2, -0.15) is 0 Å². The average molecular weight is 739 g/mol. The van der Waals surface area contributed by atoms with Crippen molar-refractivity contribution in [1.29, 1.82) is 0 Å². The molecule has 8 nitrogen and oxygen atoms in total. The van der Waals surface area contributed by atoms with Crippen LogP contribution in [0.2, 0.25) is 0 Å². The van der Waals surface area contributed by atoms with E-state index in [2.05, 4.69) is 18.7 Å². The summed E-state index contributed by atoms with van der Waals surface area (Å²) in [5.74, 6) is -0.282. The van der Waals surface area contributed by atoms with Crippen molar-refractivity contribution in [3.63, 3.8) is 0 Å². The number of amides is 1. The number of thiophene rings is 1. The Hall–Kier alpha value is -2.26. The van der Waals surface area contributed by atoms with Crippen molar-refractivity contribution in [2.45, 2.75) is 183 Å². The molecule has 1 amide bonds. The van der Waals surface area contributed by atoms with Crippen LogP contribution in [0.3, 0.4) is 0 Å². The van der Waals surface area contributed by atoms with Gasteiger partial charge in [-0.3, -0.25) is 9.59 Å². The van der Waals surface area contributed by atoms with Crippen LogP contribution in [0.15, 0.2) is 0 Å². The highest BCUT2D eigenvalue weighted by Crippen LogP contribution is 2.33. The summed E-state index contributed by atoms with van der Waals surface area (Å²) in [6, 6.07) is 0. The number of esters is 2. The summed E-state index contributed by atoms with van der Waals surface area (Å²) in [6.45, 7) is 17.3. The van der Waals surface area contributed by atoms with Crippen LogP contribution in [-0.4, -0.2) is 74.3 Å². The molecule has 0 fully saturated rings. The molecule has 298 valence electrons. The van der Waals surface area contributed by atoms with Crippen molar-refractivity contribution in [3.8, 4) is 0 Å². The molecule has 0 saturated carbocycles. The number of nitrogens with zero attached hydrogens (tertiary/aromatic N) is 2. The topological polar surface area (TPSA) is 93.2 Å². The van der Waals surface area contributed by atoms with Gasteiger partial charge in [-0.25, -0.2) is 4.79 Å². The molecule has 2 heterocycles. The van der Waals surface area contributed by atoms with Crippen LogP contribution in [0, 0.1) is 6.92 Å². The van der Waals surface area contributed by atoms with E-state index in [1.807, 2.05) is 53.6 Å². The highest BCUT2D eigenvalue weighted by atomic mass is 32.1. The number of carbonyl (C=O) groups excluding carboxylic acids is 4. The molecule has 0 radical (unpaired) electrons. The molecule has 0 unspecified atom stereocenters. The molecule has 1 aliphatic rings. The minimum absolute atomic E-state index is 0.113. The van der Waals surface area contributed by atoms with Gasteiger partial charge in [0.05, 0.1) is 25.3 Å². The van der Waals surface area contributed by atoms with E-state index in [1.54, 1.807) is 11.3 Å². The number of fused-ring (bicyclic) bond motifs is 1. The quantitative estimate of drug-likeness (QED) is 0.0560. The van der Waals surface area contributed by atoms with Gasteiger partial charge in [0.25, 0.3) is 0 Å². The van der Waals surface area contributed by atoms with Gasteiger partial charge in [-0.15, -0.1) is 11.3 Å². The SMILES string of the molecule is CC.CC.CCCCCCC=O.CCCCCCCCCCCOC(=O)CCCCC(=O)N1CCc2c(sc(C)c2C(=O)OCCCN(C)C)C1. The van der Waals surface area contributed by atoms with Gasteiger partial charge in [-0.05, 0) is 65.1 Å². The van der Waals surface area contributed by atoms with Crippen molar-refractivity contribution in [3.05, 3.63) is 20.9 Å². The van der Waals surface area contributed by atoms with Crippen molar-refractivity contribution < 1.29 is 28.7 Å². The molecule has 0 saturated heterocycles. The number of rotatable bonds is 25. The van der Waals surface area contributed by atoms with Crippen LogP contribution in [0.5, 0.6) is 0 Å². The Labute approximate surface area is 317 Å². The molecular weight excluding hydrogens is 661 g/mol. The molecule has 0 atom stereocenters. The Bertz CT molecular complexity index is 1010. The normalized spacial score (nSPS) is 11.6. The fourth-order valence-corrected chi connectivity index (χ4v) is 6.89. The van der Waals surface area contributed by atoms with E-state index >= 15 is 0 Å². The van der Waals surface area contributed by atoms with Crippen LogP contribution in [0.4, 0.5) is 0 Å². The van der Waals surface area contributed by atoms with E-state index in [-0.39, 0.29) is 17.8 Å². The van der Waals surface area contributed by atoms with Crippen LogP contribution in [-0.2, 0) is 36.8 Å². The number of hydrogen-bond acceptors (Lipinski definition) is 8. The van der Waals surface area contributed by atoms with E-state index in [0.717, 1.165) is 60.3 Å². The minimum atomic E-state index is -0.242. The maximum absolute atomic E-state index is 12.8. The van der Waals surface area contributed by atoms with Crippen molar-refractivity contribution in [1.82, 2.24) is 9.80 Å². The van der Waals surface area contributed by atoms with Gasteiger partial charge in [0, 0.05) is 42.1 Å². The number of aryl methyl sites for hydroxylation is 1. The Morgan fingerprint density at radius 2 is 1.29 bits per heavy atom. The third kappa shape index (κ3) is 26.2. The lowest BCUT2D eigenvalue weighted by atomic mass is 10.0. The van der Waals surface area contributed by atoms with Crippen molar-refractivity contribution in [2.24, 2.45) is 0 Å². The zero-order valence-corrected chi connectivity index (χ0v) is 35.3. The maximum Gasteiger partial charge on any atom is 0.339 e. The van der Waals surface area contributed by atoms with Crippen molar-refractivity contribution in [2.75, 3.05) is 40.4 Å². The second kappa shape index (κ2) is 36.1. The van der Waals surface area contributed by atoms with Crippen molar-refractivity contribution >= 4 is 35.5 Å². The predicted molar refractivity (Wildman–Crippen MR) is 216 cm³/mol. The first-order valence-electron chi connectivity index (χ1n) is 20.5. The molecule has 1 aromatic rings. The second-order valence-corrected chi connectivity index (χ2v) is 14.4. The summed E-state index contributed by atoms with van der Waals surface area (Å²) < 4.78 is 10.9. The second-order valence-electron chi connectivity index (χ2n) is 13.1. The summed E-state index contributed by atoms with van der Waals surface area (Å²) >= 11 is 1.60. The number of unbranched alkanes of at least 4 members (excludes halogenated alkanes) is 13. The molecule has 0 aliphatic carbocycles. The van der Waals surface area contributed by atoms with Crippen LogP contribution < -0.4 is 0 Å². The zero-order chi connectivity index (χ0) is 38.7. The number of hydrogen-bond donors (Lipinski definition) is 0. The van der Waals surface area contributed by atoms with E-state index < -0.39 is 0 Å². The molecule has 9 heteroatoms. The highest BCUT2D eigenvalue weighted by Gasteiger charge is 2.29. The van der Waals surface area contributed by atoms with Gasteiger partial charge >= 0.3 is 11.9 Å². The Morgan fingerprint density at radius 1 is 0.745 bits per heavy atom. The summed E-state index contributed by atoms with van der Waals surface area (Å²) in [7, 11) is 4.00. The molecule has 51 heavy (non-hydrogen) atoms. The van der Waals surface area contributed by atoms with E-state index in [4.69, 9.17) is 9.47 Å². The van der Waals surface area contributed by atoms with Gasteiger partial charge < -0.3 is 24.1 Å². The molecular formula is C42H78N2O6S. The minimum Gasteiger partial charge on any atom is -0.466 e. The number of carbonyl (C=O) groups is 4. The first-order chi connectivity index (χ1) is 24.7. The number of aldehydes is 1. The summed E-state index contributed by atoms with van der Waals surface area (Å²) in [4.78, 5) is 53.3. The first-order valence-corrected chi connectivity index (χ1v) is 21.4. The molecule has 0 N–H and O–H groups in total. The van der Waals surface area contributed by atoms with Crippen LogP contribution in [0.1, 0.15) is 189 Å². The predicted octanol–water partition coefficient (Wildman–Crippen LogP) is 10.9. The molecule has 1 aliphatic heterocycles. The fraction of sp³-hybridized carbons (Fsp3) is 0.810. The number of ether oxygens (including phenoxy) is 2. The Kier molecular flexibility index (Phi) is 36.0. The first kappa shape index (κ1) is 50.8. The summed E-state index contributed by atoms with van der Waals surface area (Å²) in [5, 5.41) is 0. The molecule has 0 bridgehead atoms. The standard InChI is InChI=1S/C31H52N2O5S.C7H14O.2C2H6/c1-5-6-7-8-9-10-11-12-15-22-37-29(35)18-14-13-17-28(34)33-21-19-26-27(24-33)39-25(2)30(26)31(36)38-23-16-20-32(3)4;1-2-3-4-5-6-7-8;2*1-2/h5-24H2,1-4H3;7H,2-6H2,1H3;2*1-2H3. The third-order valence-corrected chi connectivity index (χ3v) is 9.61. The lowest BCUT2D eigenvalue weighted by Gasteiger charge is -2.27. The Morgan fingerprint density at radius 3 is 1.88 bits per heavy atom.